The van der Waals surface area contributed by atoms with Gasteiger partial charge in [-0.25, -0.2) is 8.78 Å². The second-order valence-corrected chi connectivity index (χ2v) is 11.4. The summed E-state index contributed by atoms with van der Waals surface area (Å²) in [5, 5.41) is 2.31. The zero-order valence-corrected chi connectivity index (χ0v) is 21.9. The first kappa shape index (κ1) is 25.1. The van der Waals surface area contributed by atoms with Crippen LogP contribution < -0.4 is 5.32 Å². The molecule has 0 aromatic heterocycles. The summed E-state index contributed by atoms with van der Waals surface area (Å²) in [6.45, 7) is 0.865. The minimum Gasteiger partial charge on any atom is -0.322 e. The van der Waals surface area contributed by atoms with Crippen molar-refractivity contribution < 1.29 is 23.2 Å². The van der Waals surface area contributed by atoms with Crippen LogP contribution in [-0.2, 0) is 22.7 Å². The minimum atomic E-state index is -2.87. The van der Waals surface area contributed by atoms with Crippen molar-refractivity contribution in [3.05, 3.63) is 94.5 Å². The van der Waals surface area contributed by atoms with Crippen molar-refractivity contribution in [2.45, 2.75) is 50.2 Å². The molecule has 4 aliphatic rings. The summed E-state index contributed by atoms with van der Waals surface area (Å²) in [6.07, 6.45) is 0.883. The van der Waals surface area contributed by atoms with Gasteiger partial charge in [-0.3, -0.25) is 24.6 Å². The average Bonchev–Trinajstić information content (AvgIpc) is 3.43. The maximum Gasteiger partial charge on any atom is 0.264 e. The fraction of sp³-hybridized carbons (Fsp3) is 0.344. The number of carbonyl (C=O) groups excluding carboxylic acids is 3. The first-order chi connectivity index (χ1) is 19.3. The van der Waals surface area contributed by atoms with Gasteiger partial charge in [0.1, 0.15) is 6.04 Å². The van der Waals surface area contributed by atoms with Crippen LogP contribution in [0.4, 0.5) is 8.78 Å². The second-order valence-electron chi connectivity index (χ2n) is 11.4. The topological polar surface area (TPSA) is 69.7 Å². The van der Waals surface area contributed by atoms with Crippen LogP contribution in [0.15, 0.2) is 66.7 Å². The summed E-state index contributed by atoms with van der Waals surface area (Å²) >= 11 is 0. The molecule has 3 amide bonds. The van der Waals surface area contributed by atoms with Crippen molar-refractivity contribution in [3.8, 4) is 11.1 Å². The van der Waals surface area contributed by atoms with Gasteiger partial charge < -0.3 is 4.90 Å². The quantitative estimate of drug-likeness (QED) is 0.486. The van der Waals surface area contributed by atoms with Crippen LogP contribution in [0.25, 0.3) is 11.1 Å². The van der Waals surface area contributed by atoms with E-state index >= 15 is 8.78 Å². The highest BCUT2D eigenvalue weighted by Crippen LogP contribution is 2.53. The third kappa shape index (κ3) is 4.04. The standard InChI is InChI=1S/C32H29F2N3O3/c33-32(34)18-36(14-13-26(32)29-24-7-3-1-5-22(24)23-6-2-4-8-25(23)29)16-19-9-10-21-20(15-19)17-37(31(21)40)27-11-12-28(38)35-30(27)39/h1-10,15,26-27,29H,11-14,16-18H2,(H,35,38,39). The number of piperidine rings is 2. The normalized spacial score (nSPS) is 24.1. The molecule has 3 aromatic carbocycles. The summed E-state index contributed by atoms with van der Waals surface area (Å²) in [4.78, 5) is 40.2. The highest BCUT2D eigenvalue weighted by Gasteiger charge is 2.51. The van der Waals surface area contributed by atoms with E-state index in [1.165, 1.54) is 4.90 Å². The van der Waals surface area contributed by atoms with Crippen molar-refractivity contribution in [1.29, 1.82) is 0 Å². The molecule has 1 aliphatic carbocycles. The number of fused-ring (bicyclic) bond motifs is 4. The molecule has 204 valence electrons. The van der Waals surface area contributed by atoms with Crippen LogP contribution in [0.2, 0.25) is 0 Å². The number of hydrogen-bond acceptors (Lipinski definition) is 4. The zero-order valence-electron chi connectivity index (χ0n) is 21.9. The van der Waals surface area contributed by atoms with Crippen molar-refractivity contribution in [3.63, 3.8) is 0 Å². The Morgan fingerprint density at radius 2 is 1.57 bits per heavy atom. The zero-order chi connectivity index (χ0) is 27.6. The third-order valence-corrected chi connectivity index (χ3v) is 9.01. The number of rotatable bonds is 4. The number of nitrogens with zero attached hydrogens (tertiary/aromatic N) is 2. The van der Waals surface area contributed by atoms with Crippen LogP contribution in [0.5, 0.6) is 0 Å². The molecular formula is C32H29F2N3O3. The summed E-state index contributed by atoms with van der Waals surface area (Å²) in [6, 6.07) is 20.6. The highest BCUT2D eigenvalue weighted by atomic mass is 19.3. The lowest BCUT2D eigenvalue weighted by Gasteiger charge is -2.41. The Bertz CT molecular complexity index is 1510. The van der Waals surface area contributed by atoms with E-state index in [1.54, 1.807) is 11.0 Å². The van der Waals surface area contributed by atoms with Gasteiger partial charge >= 0.3 is 0 Å². The van der Waals surface area contributed by atoms with E-state index in [4.69, 9.17) is 0 Å². The molecular weight excluding hydrogens is 512 g/mol. The number of imide groups is 1. The minimum absolute atomic E-state index is 0.198. The van der Waals surface area contributed by atoms with Crippen molar-refractivity contribution >= 4 is 17.7 Å². The van der Waals surface area contributed by atoms with Crippen LogP contribution in [0, 0.1) is 5.92 Å². The van der Waals surface area contributed by atoms with E-state index in [-0.39, 0.29) is 37.2 Å². The van der Waals surface area contributed by atoms with Crippen LogP contribution in [-0.4, -0.2) is 52.6 Å². The van der Waals surface area contributed by atoms with E-state index in [2.05, 4.69) is 5.32 Å². The van der Waals surface area contributed by atoms with Crippen molar-refractivity contribution in [2.24, 2.45) is 5.92 Å². The third-order valence-electron chi connectivity index (χ3n) is 9.01. The maximum absolute atomic E-state index is 15.9. The largest absolute Gasteiger partial charge is 0.322 e. The molecule has 0 radical (unpaired) electrons. The number of carbonyl (C=O) groups is 3. The van der Waals surface area contributed by atoms with E-state index in [1.807, 2.05) is 60.7 Å². The number of likely N-dealkylation sites (tertiary alicyclic amines) is 1. The van der Waals surface area contributed by atoms with Crippen molar-refractivity contribution in [2.75, 3.05) is 13.1 Å². The summed E-state index contributed by atoms with van der Waals surface area (Å²) in [5.74, 6) is -4.99. The average molecular weight is 542 g/mol. The molecule has 2 atom stereocenters. The molecule has 0 saturated carbocycles. The molecule has 2 saturated heterocycles. The number of nitrogens with one attached hydrogen (secondary N) is 1. The Kier molecular flexibility index (Phi) is 5.85. The van der Waals surface area contributed by atoms with Gasteiger partial charge in [-0.15, -0.1) is 0 Å². The van der Waals surface area contributed by atoms with Gasteiger partial charge in [-0.1, -0.05) is 60.7 Å². The molecule has 6 nitrogen and oxygen atoms in total. The fourth-order valence-electron chi connectivity index (χ4n) is 7.19. The van der Waals surface area contributed by atoms with E-state index in [0.717, 1.165) is 33.4 Å². The second kappa shape index (κ2) is 9.34. The van der Waals surface area contributed by atoms with Gasteiger partial charge in [0, 0.05) is 36.9 Å². The summed E-state index contributed by atoms with van der Waals surface area (Å²) in [7, 11) is 0. The highest BCUT2D eigenvalue weighted by molar-refractivity contribution is 6.05. The van der Waals surface area contributed by atoms with Gasteiger partial charge in [0.25, 0.3) is 11.8 Å². The van der Waals surface area contributed by atoms with E-state index in [0.29, 0.717) is 31.5 Å². The number of halogens is 2. The number of alkyl halides is 2. The predicted molar refractivity (Wildman–Crippen MR) is 145 cm³/mol. The Hall–Kier alpha value is -3.91. The lowest BCUT2D eigenvalue weighted by molar-refractivity contribution is -0.136. The molecule has 0 bridgehead atoms. The smallest absolute Gasteiger partial charge is 0.264 e. The van der Waals surface area contributed by atoms with Crippen LogP contribution >= 0.6 is 0 Å². The predicted octanol–water partition coefficient (Wildman–Crippen LogP) is 4.72. The lowest BCUT2D eigenvalue weighted by atomic mass is 9.76. The Balaban J connectivity index is 1.07. The molecule has 2 fully saturated rings. The first-order valence-corrected chi connectivity index (χ1v) is 13.8. The van der Waals surface area contributed by atoms with Gasteiger partial charge in [0.05, 0.1) is 6.54 Å². The number of amides is 3. The molecule has 8 heteroatoms. The first-order valence-electron chi connectivity index (χ1n) is 13.8. The van der Waals surface area contributed by atoms with Gasteiger partial charge in [-0.05, 0) is 58.8 Å². The summed E-state index contributed by atoms with van der Waals surface area (Å²) in [5.41, 5.74) is 6.27. The Morgan fingerprint density at radius 3 is 2.25 bits per heavy atom. The monoisotopic (exact) mass is 541 g/mol. The number of benzene rings is 3. The van der Waals surface area contributed by atoms with Gasteiger partial charge in [0.15, 0.2) is 0 Å². The molecule has 3 heterocycles. The number of hydrogen-bond donors (Lipinski definition) is 1. The molecule has 3 aliphatic heterocycles. The van der Waals surface area contributed by atoms with Crippen LogP contribution in [0.3, 0.4) is 0 Å². The summed E-state index contributed by atoms with van der Waals surface area (Å²) < 4.78 is 31.8. The molecule has 3 aromatic rings. The van der Waals surface area contributed by atoms with Gasteiger partial charge in [-0.2, -0.15) is 0 Å². The van der Waals surface area contributed by atoms with Crippen LogP contribution in [0.1, 0.15) is 57.8 Å². The molecule has 1 N–H and O–H groups in total. The Morgan fingerprint density at radius 1 is 0.875 bits per heavy atom. The Labute approximate surface area is 231 Å². The van der Waals surface area contributed by atoms with Gasteiger partial charge in [0.2, 0.25) is 11.8 Å². The molecule has 7 rings (SSSR count). The van der Waals surface area contributed by atoms with Crippen molar-refractivity contribution in [1.82, 2.24) is 15.1 Å². The SMILES string of the molecule is O=C1CCC(N2Cc3cc(CN4CCC(C5c6ccccc6-c6ccccc65)C(F)(F)C4)ccc3C2=O)C(=O)N1. The molecule has 0 spiro atoms. The maximum atomic E-state index is 15.9. The lowest BCUT2D eigenvalue weighted by Crippen LogP contribution is -2.52. The van der Waals surface area contributed by atoms with E-state index in [9.17, 15) is 14.4 Å². The molecule has 40 heavy (non-hydrogen) atoms. The molecule has 2 unspecified atom stereocenters. The fourth-order valence-corrected chi connectivity index (χ4v) is 7.19. The van der Waals surface area contributed by atoms with E-state index < -0.39 is 23.8 Å².